The first-order valence-corrected chi connectivity index (χ1v) is 12.6. The summed E-state index contributed by atoms with van der Waals surface area (Å²) in [4.78, 5) is 29.2. The Hall–Kier alpha value is -1.69. The summed E-state index contributed by atoms with van der Waals surface area (Å²) in [6, 6.07) is 4.98. The van der Waals surface area contributed by atoms with Gasteiger partial charge in [-0.1, -0.05) is 64.8 Å². The fourth-order valence-electron chi connectivity index (χ4n) is 4.90. The smallest absolute Gasteiger partial charge is 0.166 e. The Morgan fingerprint density at radius 3 is 2.37 bits per heavy atom. The van der Waals surface area contributed by atoms with Crippen LogP contribution in [0.3, 0.4) is 0 Å². The number of nitrogens with two attached hydrogens (primary N) is 1. The number of pyridine rings is 1. The summed E-state index contributed by atoms with van der Waals surface area (Å²) < 4.78 is 0. The van der Waals surface area contributed by atoms with E-state index in [1.807, 2.05) is 40.7 Å². The molecule has 0 aliphatic heterocycles. The number of carbonyl (C=O) groups is 2. The van der Waals surface area contributed by atoms with Crippen LogP contribution in [0.5, 0.6) is 0 Å². The van der Waals surface area contributed by atoms with E-state index in [4.69, 9.17) is 10.7 Å². The van der Waals surface area contributed by atoms with Gasteiger partial charge in [-0.15, -0.1) is 17.0 Å². The number of carbonyl (C=O) groups excluding carboxylic acids is 2. The minimum absolute atomic E-state index is 0. The van der Waals surface area contributed by atoms with Gasteiger partial charge in [-0.25, -0.2) is 0 Å². The van der Waals surface area contributed by atoms with Crippen molar-refractivity contribution in [2.45, 2.75) is 93.1 Å². The van der Waals surface area contributed by atoms with Gasteiger partial charge in [0.15, 0.2) is 11.6 Å². The molecule has 0 bridgehead atoms. The number of hydrogen-bond donors (Lipinski definition) is 2. The minimum atomic E-state index is -1.25. The maximum atomic E-state index is 12.1. The molecule has 1 unspecified atom stereocenters. The second kappa shape index (κ2) is 14.2. The number of rotatable bonds is 4. The molecule has 2 aliphatic rings. The van der Waals surface area contributed by atoms with Gasteiger partial charge in [-0.05, 0) is 55.3 Å². The van der Waals surface area contributed by atoms with E-state index >= 15 is 0 Å². The number of Topliss-reactive ketones (excluding diaryl/α,β-unsaturated/α-hetero) is 2. The quantitative estimate of drug-likeness (QED) is 0.373. The van der Waals surface area contributed by atoms with Crippen molar-refractivity contribution >= 4 is 33.7 Å². The zero-order chi connectivity index (χ0) is 25.6. The van der Waals surface area contributed by atoms with Crippen LogP contribution in [0.2, 0.25) is 0 Å². The molecule has 187 valence electrons. The van der Waals surface area contributed by atoms with E-state index in [1.54, 1.807) is 6.08 Å². The van der Waals surface area contributed by atoms with Crippen LogP contribution in [0.25, 0.3) is 16.5 Å². The predicted molar refractivity (Wildman–Crippen MR) is 141 cm³/mol. The Kier molecular flexibility index (Phi) is 12.7. The zero-order valence-corrected chi connectivity index (χ0v) is 25.2. The number of aryl methyl sites for hydroxylation is 2. The van der Waals surface area contributed by atoms with Gasteiger partial charge in [0, 0.05) is 44.7 Å². The number of aliphatic hydroxyl groups is 1. The fraction of sp³-hybridized carbons (Fsp3) is 0.483. The van der Waals surface area contributed by atoms with Crippen molar-refractivity contribution in [1.82, 2.24) is 4.98 Å². The summed E-state index contributed by atoms with van der Waals surface area (Å²) in [6.45, 7) is 13.5. The minimum Gasteiger partial charge on any atom is -0.420 e. The normalized spacial score (nSPS) is 17.1. The number of aromatic nitrogens is 1. The molecule has 1 aromatic heterocycles. The molecule has 0 fully saturated rings. The van der Waals surface area contributed by atoms with Crippen molar-refractivity contribution in [3.63, 3.8) is 0 Å². The molecule has 2 aliphatic carbocycles. The Balaban J connectivity index is 0.00000117. The first-order chi connectivity index (χ1) is 16.3. The summed E-state index contributed by atoms with van der Waals surface area (Å²) >= 11 is 0. The van der Waals surface area contributed by atoms with E-state index in [2.05, 4.69) is 13.0 Å². The molecular weight excluding hydrogens is 513 g/mol. The average molecular weight is 553 g/mol. The number of aliphatic hydroxyl groups excluding tert-OH is 1. The van der Waals surface area contributed by atoms with E-state index in [1.165, 1.54) is 18.1 Å². The fourth-order valence-corrected chi connectivity index (χ4v) is 4.90. The summed E-state index contributed by atoms with van der Waals surface area (Å²) in [5, 5.41) is 11.6. The van der Waals surface area contributed by atoms with Gasteiger partial charge in [-0.3, -0.25) is 9.59 Å². The number of allylic oxidation sites excluding steroid dienone is 2. The van der Waals surface area contributed by atoms with Crippen molar-refractivity contribution in [3.8, 4) is 0 Å². The van der Waals surface area contributed by atoms with Gasteiger partial charge in [0.2, 0.25) is 0 Å². The monoisotopic (exact) mass is 552 g/mol. The number of nitrogen functional groups attached to an aromatic ring is 1. The average Bonchev–Trinajstić information content (AvgIpc) is 2.86. The molecule has 6 heteroatoms. The van der Waals surface area contributed by atoms with Crippen molar-refractivity contribution < 1.29 is 47.4 Å². The third kappa shape index (κ3) is 6.36. The third-order valence-corrected chi connectivity index (χ3v) is 6.38. The molecule has 0 saturated carbocycles. The molecule has 4 rings (SSSR count). The van der Waals surface area contributed by atoms with Crippen LogP contribution in [0, 0.1) is 6.07 Å². The number of hydrogen-bond acceptors (Lipinski definition) is 5. The molecule has 1 heterocycles. The van der Waals surface area contributed by atoms with Crippen LogP contribution >= 0.6 is 0 Å². The summed E-state index contributed by atoms with van der Waals surface area (Å²) in [5.74, 6) is -0.348. The van der Waals surface area contributed by atoms with Crippen molar-refractivity contribution in [2.24, 2.45) is 0 Å². The van der Waals surface area contributed by atoms with E-state index in [0.29, 0.717) is 23.3 Å². The molecular formula is C29H39N2O3Y-. The van der Waals surface area contributed by atoms with Gasteiger partial charge in [0.1, 0.15) is 6.10 Å². The predicted octanol–water partition coefficient (Wildman–Crippen LogP) is 5.73. The summed E-state index contributed by atoms with van der Waals surface area (Å²) in [5.41, 5.74) is 14.0. The van der Waals surface area contributed by atoms with Crippen LogP contribution in [-0.2, 0) is 61.6 Å². The molecule has 0 amide bonds. The standard InChI is InChI=1S/C25H27N2O3.2C2H6.Y/c1-4-15-17-6-5-7-18-20(26)9-10-21(23(17)18)27-24(15)13(2)12-19-16(14(3)28)8-11-22(29)25(19)30;2*1-2;/h10,12,25,30H,4-8,11,26H2,1-3H3;2*1-2H3;/q-1;;;/b13-12+;;;. The Bertz CT molecular complexity index is 1150. The van der Waals surface area contributed by atoms with Crippen molar-refractivity contribution in [1.29, 1.82) is 0 Å². The number of nitrogens with zero attached hydrogens (tertiary/aromatic N) is 1. The van der Waals surface area contributed by atoms with E-state index in [9.17, 15) is 14.7 Å². The van der Waals surface area contributed by atoms with Crippen molar-refractivity contribution in [3.05, 3.63) is 51.7 Å². The van der Waals surface area contributed by atoms with E-state index in [-0.39, 0.29) is 50.7 Å². The van der Waals surface area contributed by atoms with E-state index < -0.39 is 6.10 Å². The topological polar surface area (TPSA) is 93.3 Å². The number of anilines is 1. The SMILES string of the molecule is CC.CC.CCc1c(/C(C)=C/C2=C(C(C)=O)CCC(=O)C2O)nc2c[c-]c(N)c3c2c1CCC3.[Y]. The Labute approximate surface area is 235 Å². The molecule has 2 aromatic rings. The molecule has 1 aromatic carbocycles. The maximum Gasteiger partial charge on any atom is 0.166 e. The van der Waals surface area contributed by atoms with Crippen LogP contribution in [0.4, 0.5) is 5.69 Å². The molecule has 3 N–H and O–H groups in total. The van der Waals surface area contributed by atoms with Crippen LogP contribution in [-0.4, -0.2) is 27.8 Å². The Morgan fingerprint density at radius 1 is 1.14 bits per heavy atom. The molecule has 35 heavy (non-hydrogen) atoms. The maximum absolute atomic E-state index is 12.1. The largest absolute Gasteiger partial charge is 0.420 e. The molecule has 5 nitrogen and oxygen atoms in total. The molecule has 1 atom stereocenters. The van der Waals surface area contributed by atoms with Gasteiger partial charge in [-0.2, -0.15) is 6.07 Å². The van der Waals surface area contributed by atoms with Crippen molar-refractivity contribution in [2.75, 3.05) is 5.73 Å². The first-order valence-electron chi connectivity index (χ1n) is 12.6. The summed E-state index contributed by atoms with van der Waals surface area (Å²) in [7, 11) is 0. The molecule has 0 spiro atoms. The second-order valence-electron chi connectivity index (χ2n) is 8.25. The molecule has 1 radical (unpaired) electrons. The molecule has 0 saturated heterocycles. The Morgan fingerprint density at radius 2 is 1.77 bits per heavy atom. The zero-order valence-electron chi connectivity index (χ0n) is 22.3. The number of ketones is 2. The summed E-state index contributed by atoms with van der Waals surface area (Å²) in [6.07, 6.45) is 4.87. The van der Waals surface area contributed by atoms with Gasteiger partial charge in [0.25, 0.3) is 0 Å². The van der Waals surface area contributed by atoms with Crippen LogP contribution in [0.1, 0.15) is 90.1 Å². The third-order valence-electron chi connectivity index (χ3n) is 6.38. The van der Waals surface area contributed by atoms with Gasteiger partial charge >= 0.3 is 0 Å². The van der Waals surface area contributed by atoms with E-state index in [0.717, 1.165) is 53.4 Å². The van der Waals surface area contributed by atoms with Gasteiger partial charge in [0.05, 0.1) is 5.69 Å². The van der Waals surface area contributed by atoms with Gasteiger partial charge < -0.3 is 15.8 Å². The van der Waals surface area contributed by atoms with Crippen LogP contribution < -0.4 is 5.73 Å². The van der Waals surface area contributed by atoms with Crippen LogP contribution in [0.15, 0.2) is 23.3 Å². The first kappa shape index (κ1) is 31.3. The second-order valence-corrected chi connectivity index (χ2v) is 8.25. The number of benzene rings is 1.